The van der Waals surface area contributed by atoms with Gasteiger partial charge in [-0.15, -0.1) is 0 Å². The van der Waals surface area contributed by atoms with Gasteiger partial charge in [0.15, 0.2) is 0 Å². The lowest BCUT2D eigenvalue weighted by Gasteiger charge is -2.40. The summed E-state index contributed by atoms with van der Waals surface area (Å²) in [6.45, 7) is -1.97. The Balaban J connectivity index is 1.60. The van der Waals surface area contributed by atoms with Crippen LogP contribution >= 0.6 is 0 Å². The van der Waals surface area contributed by atoms with Gasteiger partial charge < -0.3 is 19.6 Å². The molecule has 0 bridgehead atoms. The molecule has 1 aliphatic heterocycles. The third-order valence-electron chi connectivity index (χ3n) is 5.12. The van der Waals surface area contributed by atoms with Crippen molar-refractivity contribution in [1.29, 1.82) is 0 Å². The summed E-state index contributed by atoms with van der Waals surface area (Å²) in [5, 5.41) is 9.09. The molecule has 1 heterocycles. The van der Waals surface area contributed by atoms with Gasteiger partial charge in [0.05, 0.1) is 17.4 Å². The number of carboxylic acid groups (broad SMARTS) is 1. The molecule has 1 saturated heterocycles. The molecule has 2 unspecified atom stereocenters. The van der Waals surface area contributed by atoms with Crippen molar-refractivity contribution in [1.82, 2.24) is 9.80 Å². The number of amides is 2. The fourth-order valence-corrected chi connectivity index (χ4v) is 3.47. The van der Waals surface area contributed by atoms with E-state index < -0.39 is 30.3 Å². The smallest absolute Gasteiger partial charge is 0.387 e. The van der Waals surface area contributed by atoms with E-state index in [4.69, 9.17) is 5.11 Å². The van der Waals surface area contributed by atoms with E-state index in [-0.39, 0.29) is 43.4 Å². The number of nitrogens with zero attached hydrogens (tertiary/aromatic N) is 2. The number of hydrogen-bond acceptors (Lipinski definition) is 4. The number of alkyl halides is 2. The van der Waals surface area contributed by atoms with E-state index in [9.17, 15) is 23.2 Å². The van der Waals surface area contributed by atoms with Gasteiger partial charge in [0.25, 0.3) is 5.91 Å². The molecule has 0 aromatic heterocycles. The Labute approximate surface area is 154 Å². The van der Waals surface area contributed by atoms with E-state index in [1.165, 1.54) is 23.1 Å². The lowest BCUT2D eigenvalue weighted by Crippen LogP contribution is -2.54. The minimum atomic E-state index is -3.03. The highest BCUT2D eigenvalue weighted by Crippen LogP contribution is 2.36. The summed E-state index contributed by atoms with van der Waals surface area (Å²) >= 11 is 0. The van der Waals surface area contributed by atoms with E-state index in [0.717, 1.165) is 0 Å². The van der Waals surface area contributed by atoms with Crippen molar-refractivity contribution in [2.45, 2.75) is 19.5 Å². The molecule has 9 heteroatoms. The number of carbonyl (C=O) groups is 3. The second kappa shape index (κ2) is 7.89. The second-order valence-electron chi connectivity index (χ2n) is 6.62. The molecule has 7 nitrogen and oxygen atoms in total. The van der Waals surface area contributed by atoms with Crippen LogP contribution in [0, 0.1) is 11.8 Å². The predicted molar refractivity (Wildman–Crippen MR) is 89.4 cm³/mol. The molecule has 0 spiro atoms. The summed E-state index contributed by atoms with van der Waals surface area (Å²) in [4.78, 5) is 39.3. The zero-order valence-corrected chi connectivity index (χ0v) is 14.5. The number of ether oxygens (including phenoxy) is 1. The molecule has 3 rings (SSSR count). The van der Waals surface area contributed by atoms with E-state index >= 15 is 0 Å². The number of piperazine rings is 1. The summed E-state index contributed by atoms with van der Waals surface area (Å²) in [5.74, 6) is -2.90. The first-order chi connectivity index (χ1) is 12.9. The number of aliphatic carboxylic acids is 1. The molecule has 1 aliphatic carbocycles. The van der Waals surface area contributed by atoms with Crippen molar-refractivity contribution in [3.05, 3.63) is 29.8 Å². The van der Waals surface area contributed by atoms with Gasteiger partial charge in [0.1, 0.15) is 5.75 Å². The molecule has 27 heavy (non-hydrogen) atoms. The fourth-order valence-electron chi connectivity index (χ4n) is 3.47. The summed E-state index contributed by atoms with van der Waals surface area (Å²) in [6, 6.07) is 5.79. The SMILES string of the molecule is O=C(O)C1CCC1C(=O)N1CCN(C(=O)c2ccccc2OC(F)F)CC1. The Kier molecular flexibility index (Phi) is 5.57. The van der Waals surface area contributed by atoms with E-state index in [0.29, 0.717) is 12.8 Å². The average Bonchev–Trinajstić information content (AvgIpc) is 2.60. The van der Waals surface area contributed by atoms with E-state index in [2.05, 4.69) is 4.74 Å². The summed E-state index contributed by atoms with van der Waals surface area (Å²) < 4.78 is 29.4. The Morgan fingerprint density at radius 1 is 1.00 bits per heavy atom. The van der Waals surface area contributed by atoms with Crippen LogP contribution in [0.25, 0.3) is 0 Å². The van der Waals surface area contributed by atoms with Crippen LogP contribution in [0.1, 0.15) is 23.2 Å². The molecule has 2 fully saturated rings. The lowest BCUT2D eigenvalue weighted by atomic mass is 9.73. The molecule has 1 saturated carbocycles. The Bertz CT molecular complexity index is 734. The van der Waals surface area contributed by atoms with E-state index in [1.807, 2.05) is 0 Å². The number of benzene rings is 1. The zero-order valence-electron chi connectivity index (χ0n) is 14.5. The number of para-hydroxylation sites is 1. The molecular formula is C18H20F2N2O5. The van der Waals surface area contributed by atoms with Gasteiger partial charge in [0.2, 0.25) is 5.91 Å². The van der Waals surface area contributed by atoms with Gasteiger partial charge in [-0.3, -0.25) is 14.4 Å². The molecule has 0 radical (unpaired) electrons. The van der Waals surface area contributed by atoms with Crippen molar-refractivity contribution in [2.24, 2.45) is 11.8 Å². The Hall–Kier alpha value is -2.71. The molecular weight excluding hydrogens is 362 g/mol. The Morgan fingerprint density at radius 3 is 2.15 bits per heavy atom. The van der Waals surface area contributed by atoms with Crippen LogP contribution in [0.15, 0.2) is 24.3 Å². The van der Waals surface area contributed by atoms with Crippen molar-refractivity contribution in [3.8, 4) is 5.75 Å². The monoisotopic (exact) mass is 382 g/mol. The quantitative estimate of drug-likeness (QED) is 0.837. The first kappa shape index (κ1) is 19.1. The van der Waals surface area contributed by atoms with Crippen molar-refractivity contribution >= 4 is 17.8 Å². The first-order valence-corrected chi connectivity index (χ1v) is 8.73. The Morgan fingerprint density at radius 2 is 1.59 bits per heavy atom. The number of hydrogen-bond donors (Lipinski definition) is 1. The molecule has 1 N–H and O–H groups in total. The molecule has 2 atom stereocenters. The van der Waals surface area contributed by atoms with Crippen molar-refractivity contribution < 1.29 is 33.0 Å². The summed E-state index contributed by atoms with van der Waals surface area (Å²) in [5.41, 5.74) is 0.0440. The van der Waals surface area contributed by atoms with Crippen LogP contribution in [0.3, 0.4) is 0 Å². The topological polar surface area (TPSA) is 87.2 Å². The number of halogens is 2. The van der Waals surface area contributed by atoms with Gasteiger partial charge in [-0.1, -0.05) is 12.1 Å². The van der Waals surface area contributed by atoms with Crippen LogP contribution in [0.4, 0.5) is 8.78 Å². The largest absolute Gasteiger partial charge is 0.481 e. The predicted octanol–water partition coefficient (Wildman–Crippen LogP) is 1.68. The highest BCUT2D eigenvalue weighted by Gasteiger charge is 2.43. The van der Waals surface area contributed by atoms with Gasteiger partial charge in [-0.2, -0.15) is 8.78 Å². The average molecular weight is 382 g/mol. The fraction of sp³-hybridized carbons (Fsp3) is 0.500. The minimum absolute atomic E-state index is 0.0440. The van der Waals surface area contributed by atoms with Gasteiger partial charge >= 0.3 is 12.6 Å². The maximum absolute atomic E-state index is 12.6. The van der Waals surface area contributed by atoms with Crippen LogP contribution < -0.4 is 4.74 Å². The number of carboxylic acids is 1. The zero-order chi connectivity index (χ0) is 19.6. The molecule has 1 aromatic carbocycles. The maximum atomic E-state index is 12.6. The number of rotatable bonds is 5. The molecule has 146 valence electrons. The normalized spacial score (nSPS) is 22.3. The van der Waals surface area contributed by atoms with Gasteiger partial charge in [-0.05, 0) is 25.0 Å². The summed E-state index contributed by atoms with van der Waals surface area (Å²) in [6.07, 6.45) is 1.07. The van der Waals surface area contributed by atoms with Crippen LogP contribution in [0.5, 0.6) is 5.75 Å². The minimum Gasteiger partial charge on any atom is -0.481 e. The number of carbonyl (C=O) groups excluding carboxylic acids is 2. The van der Waals surface area contributed by atoms with Gasteiger partial charge in [-0.25, -0.2) is 0 Å². The molecule has 1 aromatic rings. The van der Waals surface area contributed by atoms with Crippen LogP contribution in [-0.4, -0.2) is 65.5 Å². The third-order valence-corrected chi connectivity index (χ3v) is 5.12. The standard InChI is InChI=1S/C18H20F2N2O5/c19-18(20)27-14-4-2-1-3-13(14)16(24)22-9-7-21(8-10-22)15(23)11-5-6-12(11)17(25)26/h1-4,11-12,18H,5-10H2,(H,25,26). The third kappa shape index (κ3) is 4.01. The molecule has 2 aliphatic rings. The highest BCUT2D eigenvalue weighted by atomic mass is 19.3. The lowest BCUT2D eigenvalue weighted by molar-refractivity contribution is -0.157. The van der Waals surface area contributed by atoms with Crippen molar-refractivity contribution in [2.75, 3.05) is 26.2 Å². The summed E-state index contributed by atoms with van der Waals surface area (Å²) in [7, 11) is 0. The molecule has 2 amide bonds. The first-order valence-electron chi connectivity index (χ1n) is 8.73. The van der Waals surface area contributed by atoms with Crippen LogP contribution in [-0.2, 0) is 9.59 Å². The van der Waals surface area contributed by atoms with Gasteiger partial charge in [0, 0.05) is 26.2 Å². The second-order valence-corrected chi connectivity index (χ2v) is 6.62. The van der Waals surface area contributed by atoms with Crippen molar-refractivity contribution in [3.63, 3.8) is 0 Å². The van der Waals surface area contributed by atoms with E-state index in [1.54, 1.807) is 11.0 Å². The maximum Gasteiger partial charge on any atom is 0.387 e. The highest BCUT2D eigenvalue weighted by molar-refractivity contribution is 5.97. The van der Waals surface area contributed by atoms with Crippen LogP contribution in [0.2, 0.25) is 0 Å².